The smallest absolute Gasteiger partial charge is 0.317 e. The van der Waals surface area contributed by atoms with E-state index in [9.17, 15) is 9.59 Å². The minimum atomic E-state index is -0.761. The summed E-state index contributed by atoms with van der Waals surface area (Å²) < 4.78 is 0. The van der Waals surface area contributed by atoms with E-state index in [1.165, 1.54) is 0 Å². The van der Waals surface area contributed by atoms with Crippen LogP contribution in [-0.4, -0.2) is 41.6 Å². The van der Waals surface area contributed by atoms with E-state index < -0.39 is 5.97 Å². The lowest BCUT2D eigenvalue weighted by Crippen LogP contribution is -2.45. The van der Waals surface area contributed by atoms with Crippen LogP contribution in [0.5, 0.6) is 0 Å². The Balaban J connectivity index is 1.71. The normalized spacial score (nSPS) is 15.4. The number of amides is 2. The number of likely N-dealkylation sites (tertiary alicyclic amines) is 1. The zero-order valence-electron chi connectivity index (χ0n) is 12.6. The van der Waals surface area contributed by atoms with Crippen LogP contribution >= 0.6 is 0 Å². The van der Waals surface area contributed by atoms with Gasteiger partial charge in [0.2, 0.25) is 0 Å². The molecule has 2 amide bonds. The lowest BCUT2D eigenvalue weighted by Gasteiger charge is -2.30. The number of aliphatic carboxylic acids is 1. The molecule has 0 unspecified atom stereocenters. The van der Waals surface area contributed by atoms with Crippen molar-refractivity contribution in [2.24, 2.45) is 5.92 Å². The lowest BCUT2D eigenvalue weighted by molar-refractivity contribution is -0.143. The molecule has 5 nitrogen and oxygen atoms in total. The zero-order valence-corrected chi connectivity index (χ0v) is 12.6. The third-order valence-electron chi connectivity index (χ3n) is 4.04. The second-order valence-corrected chi connectivity index (χ2v) is 5.53. The summed E-state index contributed by atoms with van der Waals surface area (Å²) in [6.07, 6.45) is 3.64. The SMILES string of the molecule is C=Cc1ccc(CCNC(=O)N2CCC(C(=O)O)CC2)cc1. The Morgan fingerprint density at radius 3 is 2.45 bits per heavy atom. The molecule has 1 aromatic carbocycles. The van der Waals surface area contributed by atoms with E-state index in [4.69, 9.17) is 5.11 Å². The molecule has 1 aliphatic rings. The Morgan fingerprint density at radius 2 is 1.91 bits per heavy atom. The topological polar surface area (TPSA) is 69.6 Å². The van der Waals surface area contributed by atoms with Crippen molar-refractivity contribution in [1.82, 2.24) is 10.2 Å². The fourth-order valence-electron chi connectivity index (χ4n) is 2.58. The maximum atomic E-state index is 12.0. The minimum absolute atomic E-state index is 0.105. The van der Waals surface area contributed by atoms with Gasteiger partial charge in [-0.15, -0.1) is 0 Å². The summed E-state index contributed by atoms with van der Waals surface area (Å²) in [4.78, 5) is 24.6. The zero-order chi connectivity index (χ0) is 15.9. The van der Waals surface area contributed by atoms with Crippen molar-refractivity contribution >= 4 is 18.1 Å². The number of hydrogen-bond donors (Lipinski definition) is 2. The van der Waals surface area contributed by atoms with Crippen molar-refractivity contribution in [1.29, 1.82) is 0 Å². The Hall–Kier alpha value is -2.30. The molecule has 118 valence electrons. The molecular formula is C17H22N2O3. The second kappa shape index (κ2) is 7.64. The molecule has 2 N–H and O–H groups in total. The van der Waals surface area contributed by atoms with Gasteiger partial charge in [-0.25, -0.2) is 4.79 Å². The number of hydrogen-bond acceptors (Lipinski definition) is 2. The summed E-state index contributed by atoms with van der Waals surface area (Å²) in [6, 6.07) is 7.96. The van der Waals surface area contributed by atoms with Crippen molar-refractivity contribution in [2.75, 3.05) is 19.6 Å². The van der Waals surface area contributed by atoms with Gasteiger partial charge in [0.1, 0.15) is 0 Å². The van der Waals surface area contributed by atoms with Crippen LogP contribution in [0.1, 0.15) is 24.0 Å². The molecule has 0 aliphatic carbocycles. The quantitative estimate of drug-likeness (QED) is 0.877. The predicted octanol–water partition coefficient (Wildman–Crippen LogP) is 2.38. The Kier molecular flexibility index (Phi) is 5.58. The van der Waals surface area contributed by atoms with Gasteiger partial charge in [-0.2, -0.15) is 0 Å². The van der Waals surface area contributed by atoms with Gasteiger partial charge in [0.25, 0.3) is 0 Å². The average Bonchev–Trinajstić information content (AvgIpc) is 2.55. The summed E-state index contributed by atoms with van der Waals surface area (Å²) in [5.41, 5.74) is 2.24. The summed E-state index contributed by atoms with van der Waals surface area (Å²) in [7, 11) is 0. The first-order valence-corrected chi connectivity index (χ1v) is 7.57. The summed E-state index contributed by atoms with van der Waals surface area (Å²) >= 11 is 0. The van der Waals surface area contributed by atoms with Gasteiger partial charge in [0.15, 0.2) is 0 Å². The monoisotopic (exact) mass is 302 g/mol. The van der Waals surface area contributed by atoms with Crippen molar-refractivity contribution < 1.29 is 14.7 Å². The number of rotatable bonds is 5. The van der Waals surface area contributed by atoms with Crippen LogP contribution in [0.3, 0.4) is 0 Å². The molecule has 1 aromatic rings. The van der Waals surface area contributed by atoms with Crippen LogP contribution in [0.4, 0.5) is 4.79 Å². The van der Waals surface area contributed by atoms with Gasteiger partial charge in [-0.05, 0) is 30.4 Å². The predicted molar refractivity (Wildman–Crippen MR) is 85.6 cm³/mol. The van der Waals surface area contributed by atoms with E-state index in [0.717, 1.165) is 17.5 Å². The largest absolute Gasteiger partial charge is 0.481 e. The van der Waals surface area contributed by atoms with Gasteiger partial charge in [0.05, 0.1) is 5.92 Å². The number of urea groups is 1. The molecule has 0 aromatic heterocycles. The first kappa shape index (κ1) is 16.1. The molecule has 1 heterocycles. The average molecular weight is 302 g/mol. The number of benzene rings is 1. The Morgan fingerprint density at radius 1 is 1.27 bits per heavy atom. The van der Waals surface area contributed by atoms with Gasteiger partial charge in [0, 0.05) is 19.6 Å². The van der Waals surface area contributed by atoms with Crippen molar-refractivity contribution in [3.63, 3.8) is 0 Å². The summed E-state index contributed by atoms with van der Waals surface area (Å²) in [5.74, 6) is -1.07. The molecule has 0 radical (unpaired) electrons. The summed E-state index contributed by atoms with van der Waals surface area (Å²) in [6.45, 7) is 5.31. The second-order valence-electron chi connectivity index (χ2n) is 5.53. The maximum Gasteiger partial charge on any atom is 0.317 e. The molecule has 0 bridgehead atoms. The van der Waals surface area contributed by atoms with E-state index in [1.807, 2.05) is 24.3 Å². The van der Waals surface area contributed by atoms with E-state index >= 15 is 0 Å². The van der Waals surface area contributed by atoms with Crippen LogP contribution in [0.2, 0.25) is 0 Å². The number of carbonyl (C=O) groups is 2. The minimum Gasteiger partial charge on any atom is -0.481 e. The first-order chi connectivity index (χ1) is 10.6. The molecule has 0 saturated carbocycles. The molecule has 5 heteroatoms. The van der Waals surface area contributed by atoms with Crippen LogP contribution < -0.4 is 5.32 Å². The van der Waals surface area contributed by atoms with E-state index in [-0.39, 0.29) is 11.9 Å². The molecule has 22 heavy (non-hydrogen) atoms. The standard InChI is InChI=1S/C17H22N2O3/c1-2-13-3-5-14(6-4-13)7-10-18-17(22)19-11-8-15(9-12-19)16(20)21/h2-6,15H,1,7-12H2,(H,18,22)(H,20,21). The van der Waals surface area contributed by atoms with Gasteiger partial charge in [-0.1, -0.05) is 36.9 Å². The fraction of sp³-hybridized carbons (Fsp3) is 0.412. The number of nitrogens with one attached hydrogen (secondary N) is 1. The fourth-order valence-corrected chi connectivity index (χ4v) is 2.58. The number of carbonyl (C=O) groups excluding carboxylic acids is 1. The summed E-state index contributed by atoms with van der Waals surface area (Å²) in [5, 5.41) is 11.8. The van der Waals surface area contributed by atoms with Gasteiger partial charge >= 0.3 is 12.0 Å². The van der Waals surface area contributed by atoms with E-state index in [0.29, 0.717) is 32.5 Å². The van der Waals surface area contributed by atoms with Gasteiger partial charge < -0.3 is 15.3 Å². The van der Waals surface area contributed by atoms with Crippen LogP contribution in [0.25, 0.3) is 6.08 Å². The van der Waals surface area contributed by atoms with Crippen molar-refractivity contribution in [2.45, 2.75) is 19.3 Å². The Labute approximate surface area is 130 Å². The number of carboxylic acids is 1. The highest BCUT2D eigenvalue weighted by molar-refractivity contribution is 5.75. The van der Waals surface area contributed by atoms with E-state index in [2.05, 4.69) is 11.9 Å². The third-order valence-corrected chi connectivity index (χ3v) is 4.04. The molecule has 1 saturated heterocycles. The van der Waals surface area contributed by atoms with Crippen LogP contribution in [-0.2, 0) is 11.2 Å². The maximum absolute atomic E-state index is 12.0. The van der Waals surface area contributed by atoms with Crippen molar-refractivity contribution in [3.05, 3.63) is 42.0 Å². The van der Waals surface area contributed by atoms with Crippen LogP contribution in [0.15, 0.2) is 30.8 Å². The van der Waals surface area contributed by atoms with Gasteiger partial charge in [-0.3, -0.25) is 4.79 Å². The molecular weight excluding hydrogens is 280 g/mol. The molecule has 1 aliphatic heterocycles. The highest BCUT2D eigenvalue weighted by atomic mass is 16.4. The highest BCUT2D eigenvalue weighted by Gasteiger charge is 2.26. The number of piperidine rings is 1. The van der Waals surface area contributed by atoms with E-state index in [1.54, 1.807) is 11.0 Å². The van der Waals surface area contributed by atoms with Crippen LogP contribution in [0, 0.1) is 5.92 Å². The number of nitrogens with zero attached hydrogens (tertiary/aromatic N) is 1. The Bertz CT molecular complexity index is 531. The number of carboxylic acid groups (broad SMARTS) is 1. The molecule has 0 atom stereocenters. The molecule has 0 spiro atoms. The third kappa shape index (κ3) is 4.35. The first-order valence-electron chi connectivity index (χ1n) is 7.57. The lowest BCUT2D eigenvalue weighted by atomic mass is 9.97. The molecule has 2 rings (SSSR count). The molecule has 1 fully saturated rings. The van der Waals surface area contributed by atoms with Crippen molar-refractivity contribution in [3.8, 4) is 0 Å². The highest BCUT2D eigenvalue weighted by Crippen LogP contribution is 2.17.